The average Bonchev–Trinajstić information content (AvgIpc) is 2.96. The first-order valence-corrected chi connectivity index (χ1v) is 14.2. The zero-order valence-corrected chi connectivity index (χ0v) is 25.2. The first-order valence-electron chi connectivity index (χ1n) is 13.4. The number of urea groups is 1. The first kappa shape index (κ1) is 31.4. The van der Waals surface area contributed by atoms with Crippen LogP contribution >= 0.6 is 23.2 Å². The Morgan fingerprint density at radius 3 is 2.42 bits per heavy atom. The normalized spacial score (nSPS) is 14.0. The number of aryl methyl sites for hydroxylation is 1. The number of hydrogen-bond donors (Lipinski definition) is 2. The zero-order chi connectivity index (χ0) is 31.1. The molecule has 1 heterocycles. The molecule has 0 spiro atoms. The monoisotopic (exact) mass is 625 g/mol. The van der Waals surface area contributed by atoms with Gasteiger partial charge >= 0.3 is 6.03 Å². The van der Waals surface area contributed by atoms with Crippen molar-refractivity contribution in [2.24, 2.45) is 0 Å². The van der Waals surface area contributed by atoms with E-state index < -0.39 is 23.8 Å². The Morgan fingerprint density at radius 2 is 1.70 bits per heavy atom. The molecular formula is C31H29Cl2N3O7. The van der Waals surface area contributed by atoms with Gasteiger partial charge in [-0.05, 0) is 74.4 Å². The van der Waals surface area contributed by atoms with Gasteiger partial charge < -0.3 is 19.5 Å². The van der Waals surface area contributed by atoms with Crippen LogP contribution in [0.25, 0.3) is 6.08 Å². The van der Waals surface area contributed by atoms with E-state index in [1.54, 1.807) is 31.2 Å². The number of ether oxygens (including phenoxy) is 3. The van der Waals surface area contributed by atoms with Gasteiger partial charge in [-0.1, -0.05) is 36.2 Å². The summed E-state index contributed by atoms with van der Waals surface area (Å²) in [6, 6.07) is 13.3. The van der Waals surface area contributed by atoms with E-state index in [4.69, 9.17) is 37.4 Å². The molecule has 0 bridgehead atoms. The van der Waals surface area contributed by atoms with Crippen molar-refractivity contribution in [1.82, 2.24) is 5.32 Å². The highest BCUT2D eigenvalue weighted by atomic mass is 35.5. The molecule has 3 aromatic rings. The fourth-order valence-corrected chi connectivity index (χ4v) is 4.42. The Labute approximate surface area is 258 Å². The largest absolute Gasteiger partial charge is 0.490 e. The third-order valence-corrected chi connectivity index (χ3v) is 6.78. The van der Waals surface area contributed by atoms with E-state index in [-0.39, 0.29) is 29.2 Å². The molecule has 0 aromatic heterocycles. The van der Waals surface area contributed by atoms with Crippen LogP contribution in [0.5, 0.6) is 17.2 Å². The molecule has 2 N–H and O–H groups in total. The molecule has 4 rings (SSSR count). The third-order valence-electron chi connectivity index (χ3n) is 6.13. The molecule has 43 heavy (non-hydrogen) atoms. The van der Waals surface area contributed by atoms with Gasteiger partial charge in [0, 0.05) is 27.4 Å². The Hall–Kier alpha value is -4.54. The Bertz CT molecular complexity index is 1610. The molecule has 1 aliphatic rings. The van der Waals surface area contributed by atoms with Crippen molar-refractivity contribution in [3.05, 3.63) is 81.3 Å². The number of barbiturate groups is 1. The molecule has 0 saturated carbocycles. The predicted molar refractivity (Wildman–Crippen MR) is 164 cm³/mol. The lowest BCUT2D eigenvalue weighted by atomic mass is 10.1. The summed E-state index contributed by atoms with van der Waals surface area (Å²) >= 11 is 12.3. The molecule has 3 aromatic carbocycles. The quantitative estimate of drug-likeness (QED) is 0.193. The van der Waals surface area contributed by atoms with Gasteiger partial charge in [-0.25, -0.2) is 9.69 Å². The van der Waals surface area contributed by atoms with Crippen molar-refractivity contribution in [2.75, 3.05) is 30.0 Å². The van der Waals surface area contributed by atoms with Crippen LogP contribution in [-0.4, -0.2) is 43.6 Å². The van der Waals surface area contributed by atoms with E-state index >= 15 is 0 Å². The summed E-state index contributed by atoms with van der Waals surface area (Å²) in [4.78, 5) is 52.5. The molecule has 5 amide bonds. The Balaban J connectivity index is 1.59. The van der Waals surface area contributed by atoms with Gasteiger partial charge in [-0.3, -0.25) is 19.7 Å². The minimum atomic E-state index is -0.924. The zero-order valence-electron chi connectivity index (χ0n) is 23.7. The maximum Gasteiger partial charge on any atom is 0.335 e. The summed E-state index contributed by atoms with van der Waals surface area (Å²) in [5, 5.41) is 5.67. The van der Waals surface area contributed by atoms with Crippen LogP contribution in [0.1, 0.15) is 31.4 Å². The Kier molecular flexibility index (Phi) is 10.3. The second-order valence-electron chi connectivity index (χ2n) is 9.35. The third kappa shape index (κ3) is 7.65. The van der Waals surface area contributed by atoms with Crippen LogP contribution in [0.15, 0.2) is 60.2 Å². The van der Waals surface area contributed by atoms with E-state index in [1.165, 1.54) is 36.4 Å². The minimum absolute atomic E-state index is 0.170. The van der Waals surface area contributed by atoms with Gasteiger partial charge in [-0.15, -0.1) is 0 Å². The van der Waals surface area contributed by atoms with E-state index in [0.29, 0.717) is 40.4 Å². The number of benzene rings is 3. The topological polar surface area (TPSA) is 123 Å². The highest BCUT2D eigenvalue weighted by molar-refractivity contribution is 6.39. The van der Waals surface area contributed by atoms with Crippen molar-refractivity contribution in [2.45, 2.75) is 27.2 Å². The van der Waals surface area contributed by atoms with Crippen molar-refractivity contribution in [1.29, 1.82) is 0 Å². The molecule has 12 heteroatoms. The van der Waals surface area contributed by atoms with Crippen LogP contribution in [0, 0.1) is 6.92 Å². The number of amides is 5. The minimum Gasteiger partial charge on any atom is -0.490 e. The number of anilines is 2. The molecule has 1 fully saturated rings. The van der Waals surface area contributed by atoms with Crippen LogP contribution in [0.4, 0.5) is 16.2 Å². The second kappa shape index (κ2) is 14.1. The van der Waals surface area contributed by atoms with Crippen LogP contribution in [0.2, 0.25) is 10.0 Å². The number of rotatable bonds is 11. The number of imide groups is 2. The summed E-state index contributed by atoms with van der Waals surface area (Å²) in [5.74, 6) is -1.27. The second-order valence-corrected chi connectivity index (χ2v) is 10.2. The van der Waals surface area contributed by atoms with Gasteiger partial charge in [0.15, 0.2) is 18.1 Å². The van der Waals surface area contributed by atoms with E-state index in [0.717, 1.165) is 16.9 Å². The van der Waals surface area contributed by atoms with Crippen molar-refractivity contribution >= 4 is 64.4 Å². The summed E-state index contributed by atoms with van der Waals surface area (Å²) in [5.41, 5.74) is 1.42. The van der Waals surface area contributed by atoms with Gasteiger partial charge in [0.2, 0.25) is 0 Å². The van der Waals surface area contributed by atoms with Crippen LogP contribution in [-0.2, 0) is 14.4 Å². The standard InChI is InChI=1S/C31H29Cl2N3O7/c1-4-12-42-26-11-9-22(16-27(26)41-5-2)36-30(39)23(29(38)35-31(36)40)14-19-13-20(32)7-10-25(19)43-17-28(37)34-21-8-6-18(3)24(33)15-21/h6-11,13-16H,4-5,12,17H2,1-3H3,(H,34,37)(H,35,38,40)/b23-14+. The van der Waals surface area contributed by atoms with Gasteiger partial charge in [0.25, 0.3) is 17.7 Å². The summed E-state index contributed by atoms with van der Waals surface area (Å²) in [7, 11) is 0. The van der Waals surface area contributed by atoms with Gasteiger partial charge in [-0.2, -0.15) is 0 Å². The lowest BCUT2D eigenvalue weighted by molar-refractivity contribution is -0.122. The fourth-order valence-electron chi connectivity index (χ4n) is 4.06. The molecule has 0 unspecified atom stereocenters. The van der Waals surface area contributed by atoms with Crippen LogP contribution < -0.4 is 29.7 Å². The molecule has 1 aliphatic heterocycles. The molecule has 10 nitrogen and oxygen atoms in total. The molecule has 224 valence electrons. The number of hydrogen-bond acceptors (Lipinski definition) is 7. The lowest BCUT2D eigenvalue weighted by Gasteiger charge is -2.27. The molecule has 0 aliphatic carbocycles. The number of carbonyl (C=O) groups excluding carboxylic acids is 4. The van der Waals surface area contributed by atoms with E-state index in [9.17, 15) is 19.2 Å². The summed E-state index contributed by atoms with van der Waals surface area (Å²) < 4.78 is 17.1. The Morgan fingerprint density at radius 1 is 0.930 bits per heavy atom. The maximum absolute atomic E-state index is 13.5. The van der Waals surface area contributed by atoms with Crippen molar-refractivity contribution in [3.63, 3.8) is 0 Å². The average molecular weight is 626 g/mol. The summed E-state index contributed by atoms with van der Waals surface area (Å²) in [6.45, 7) is 5.99. The molecule has 0 radical (unpaired) electrons. The number of nitrogens with one attached hydrogen (secondary N) is 2. The maximum atomic E-state index is 13.5. The van der Waals surface area contributed by atoms with E-state index in [1.807, 2.05) is 13.8 Å². The number of halogens is 2. The highest BCUT2D eigenvalue weighted by Crippen LogP contribution is 2.34. The van der Waals surface area contributed by atoms with Crippen molar-refractivity contribution in [3.8, 4) is 17.2 Å². The van der Waals surface area contributed by atoms with Gasteiger partial charge in [0.05, 0.1) is 18.9 Å². The van der Waals surface area contributed by atoms with E-state index in [2.05, 4.69) is 10.6 Å². The summed E-state index contributed by atoms with van der Waals surface area (Å²) in [6.07, 6.45) is 2.02. The van der Waals surface area contributed by atoms with Gasteiger partial charge in [0.1, 0.15) is 11.3 Å². The highest BCUT2D eigenvalue weighted by Gasteiger charge is 2.37. The SMILES string of the molecule is CCCOc1ccc(N2C(=O)NC(=O)/C(=C\c3cc(Cl)ccc3OCC(=O)Nc3ccc(C)c(Cl)c3)C2=O)cc1OCC. The lowest BCUT2D eigenvalue weighted by Crippen LogP contribution is -2.54. The van der Waals surface area contributed by atoms with Crippen molar-refractivity contribution < 1.29 is 33.4 Å². The van der Waals surface area contributed by atoms with Crippen LogP contribution in [0.3, 0.4) is 0 Å². The molecule has 0 atom stereocenters. The molecule has 1 saturated heterocycles. The smallest absolute Gasteiger partial charge is 0.335 e. The fraction of sp³-hybridized carbons (Fsp3) is 0.226. The number of nitrogens with zero attached hydrogens (tertiary/aromatic N) is 1. The molecular weight excluding hydrogens is 597 g/mol. The number of carbonyl (C=O) groups is 4. The predicted octanol–water partition coefficient (Wildman–Crippen LogP) is 6.17. The first-order chi connectivity index (χ1) is 20.6.